The lowest BCUT2D eigenvalue weighted by molar-refractivity contribution is -0.141. The molecule has 4 rings (SSSR count). The number of nitrogens with zero attached hydrogens (tertiary/aromatic N) is 3. The summed E-state index contributed by atoms with van der Waals surface area (Å²) in [5.41, 5.74) is 2.88. The molecule has 9 heteroatoms. The second-order valence-corrected chi connectivity index (χ2v) is 8.16. The van der Waals surface area contributed by atoms with Crippen molar-refractivity contribution in [2.45, 2.75) is 13.1 Å². The van der Waals surface area contributed by atoms with Crippen molar-refractivity contribution in [1.29, 1.82) is 0 Å². The Morgan fingerprint density at radius 3 is 2.59 bits per heavy atom. The van der Waals surface area contributed by atoms with Crippen LogP contribution in [0, 0.1) is 6.92 Å². The number of carbonyl (C=O) groups is 1. The van der Waals surface area contributed by atoms with E-state index in [9.17, 15) is 18.0 Å². The lowest BCUT2D eigenvalue weighted by atomic mass is 9.96. The number of benzene rings is 1. The first-order valence-electron chi connectivity index (χ1n) is 10.8. The SMILES string of the molecule is C=C1C=C(c2cc(NC(=O)c3ccnc(C(F)(F)F)c3)ccc2C)C=C(N2CCOCC2)N1C. The quantitative estimate of drug-likeness (QED) is 0.704. The van der Waals surface area contributed by atoms with Crippen molar-refractivity contribution < 1.29 is 22.7 Å². The molecule has 1 fully saturated rings. The first kappa shape index (κ1) is 23.6. The zero-order valence-electron chi connectivity index (χ0n) is 18.9. The minimum atomic E-state index is -4.62. The van der Waals surface area contributed by atoms with Crippen molar-refractivity contribution in [3.05, 3.63) is 89.2 Å². The molecule has 0 atom stereocenters. The number of anilines is 1. The Balaban J connectivity index is 1.61. The van der Waals surface area contributed by atoms with Gasteiger partial charge in [0.15, 0.2) is 0 Å². The first-order valence-corrected chi connectivity index (χ1v) is 10.8. The van der Waals surface area contributed by atoms with Gasteiger partial charge in [0.05, 0.1) is 13.2 Å². The molecule has 0 unspecified atom stereocenters. The maximum absolute atomic E-state index is 13.0. The van der Waals surface area contributed by atoms with Crippen LogP contribution in [0.25, 0.3) is 5.57 Å². The Bertz CT molecular complexity index is 1180. The lowest BCUT2D eigenvalue weighted by Crippen LogP contribution is -2.41. The fraction of sp³-hybridized carbons (Fsp3) is 0.280. The Morgan fingerprint density at radius 2 is 1.88 bits per heavy atom. The van der Waals surface area contributed by atoms with Crippen LogP contribution < -0.4 is 5.32 Å². The van der Waals surface area contributed by atoms with Crippen molar-refractivity contribution in [2.24, 2.45) is 0 Å². The number of aryl methyl sites for hydroxylation is 1. The third kappa shape index (κ3) is 4.99. The summed E-state index contributed by atoms with van der Waals surface area (Å²) in [6, 6.07) is 7.39. The number of halogens is 3. The molecule has 0 bridgehead atoms. The molecule has 1 amide bonds. The molecule has 0 aliphatic carbocycles. The predicted molar refractivity (Wildman–Crippen MR) is 124 cm³/mol. The third-order valence-corrected chi connectivity index (χ3v) is 5.84. The van der Waals surface area contributed by atoms with Crippen LogP contribution in [0.3, 0.4) is 0 Å². The largest absolute Gasteiger partial charge is 0.433 e. The highest BCUT2D eigenvalue weighted by molar-refractivity contribution is 6.04. The van der Waals surface area contributed by atoms with Gasteiger partial charge in [-0.25, -0.2) is 0 Å². The summed E-state index contributed by atoms with van der Waals surface area (Å²) in [5.74, 6) is 0.366. The lowest BCUT2D eigenvalue weighted by Gasteiger charge is -2.38. The summed E-state index contributed by atoms with van der Waals surface area (Å²) in [6.45, 7) is 8.99. The van der Waals surface area contributed by atoms with Crippen LogP contribution in [-0.4, -0.2) is 54.0 Å². The Kier molecular flexibility index (Phi) is 6.47. The van der Waals surface area contributed by atoms with Crippen LogP contribution >= 0.6 is 0 Å². The smallest absolute Gasteiger partial charge is 0.378 e. The molecule has 178 valence electrons. The van der Waals surface area contributed by atoms with E-state index in [1.165, 1.54) is 6.07 Å². The summed E-state index contributed by atoms with van der Waals surface area (Å²) in [4.78, 5) is 20.2. The second kappa shape index (κ2) is 9.34. The first-order chi connectivity index (χ1) is 16.1. The second-order valence-electron chi connectivity index (χ2n) is 8.16. The number of alkyl halides is 3. The number of rotatable bonds is 4. The Morgan fingerprint density at radius 1 is 1.15 bits per heavy atom. The molecule has 1 aromatic carbocycles. The van der Waals surface area contributed by atoms with E-state index in [-0.39, 0.29) is 5.56 Å². The van der Waals surface area contributed by atoms with Crippen molar-refractivity contribution >= 4 is 17.2 Å². The average molecular weight is 470 g/mol. The van der Waals surface area contributed by atoms with Crippen LogP contribution in [0.4, 0.5) is 18.9 Å². The molecule has 3 heterocycles. The zero-order chi connectivity index (χ0) is 24.5. The number of morpholine rings is 1. The fourth-order valence-corrected chi connectivity index (χ4v) is 3.89. The molecule has 2 aromatic rings. The van der Waals surface area contributed by atoms with E-state index in [1.807, 2.05) is 37.1 Å². The normalized spacial score (nSPS) is 16.8. The molecular weight excluding hydrogens is 445 g/mol. The van der Waals surface area contributed by atoms with Crippen LogP contribution in [0.2, 0.25) is 0 Å². The number of amides is 1. The van der Waals surface area contributed by atoms with E-state index >= 15 is 0 Å². The van der Waals surface area contributed by atoms with Gasteiger partial charge in [-0.3, -0.25) is 9.78 Å². The molecule has 0 spiro atoms. The van der Waals surface area contributed by atoms with Gasteiger partial charge in [-0.05, 0) is 60.0 Å². The maximum Gasteiger partial charge on any atom is 0.433 e. The average Bonchev–Trinajstić information content (AvgIpc) is 2.82. The molecular formula is C25H25F3N4O2. The van der Waals surface area contributed by atoms with E-state index in [0.29, 0.717) is 18.9 Å². The topological polar surface area (TPSA) is 57.7 Å². The summed E-state index contributed by atoms with van der Waals surface area (Å²) >= 11 is 0. The number of ether oxygens (including phenoxy) is 1. The van der Waals surface area contributed by atoms with E-state index in [2.05, 4.69) is 27.9 Å². The summed E-state index contributed by atoms with van der Waals surface area (Å²) < 4.78 is 44.3. The summed E-state index contributed by atoms with van der Waals surface area (Å²) in [5, 5.41) is 2.70. The number of likely N-dealkylation sites (N-methyl/N-ethyl adjacent to an activating group) is 1. The minimum absolute atomic E-state index is 0.120. The zero-order valence-corrected chi connectivity index (χ0v) is 18.9. The van der Waals surface area contributed by atoms with Crippen LogP contribution in [0.15, 0.2) is 66.8 Å². The molecule has 34 heavy (non-hydrogen) atoms. The van der Waals surface area contributed by atoms with Gasteiger partial charge in [-0.15, -0.1) is 0 Å². The molecule has 0 radical (unpaired) electrons. The fourth-order valence-electron chi connectivity index (χ4n) is 3.89. The number of hydrogen-bond acceptors (Lipinski definition) is 5. The molecule has 2 aliphatic heterocycles. The van der Waals surface area contributed by atoms with Gasteiger partial charge in [0.2, 0.25) is 0 Å². The van der Waals surface area contributed by atoms with Crippen molar-refractivity contribution in [1.82, 2.24) is 14.8 Å². The third-order valence-electron chi connectivity index (χ3n) is 5.84. The maximum atomic E-state index is 13.0. The molecule has 1 aromatic heterocycles. The van der Waals surface area contributed by atoms with Gasteiger partial charge in [-0.1, -0.05) is 12.6 Å². The molecule has 6 nitrogen and oxygen atoms in total. The van der Waals surface area contributed by atoms with Gasteiger partial charge in [0.25, 0.3) is 5.91 Å². The van der Waals surface area contributed by atoms with Gasteiger partial charge in [-0.2, -0.15) is 13.2 Å². The van der Waals surface area contributed by atoms with Gasteiger partial charge in [0.1, 0.15) is 11.5 Å². The number of nitrogens with one attached hydrogen (secondary N) is 1. The van der Waals surface area contributed by atoms with E-state index in [1.54, 1.807) is 6.07 Å². The molecule has 2 aliphatic rings. The van der Waals surface area contributed by atoms with Gasteiger partial charge < -0.3 is 19.9 Å². The highest BCUT2D eigenvalue weighted by Gasteiger charge is 2.33. The van der Waals surface area contributed by atoms with Crippen molar-refractivity contribution in [2.75, 3.05) is 38.7 Å². The Labute approximate surface area is 196 Å². The van der Waals surface area contributed by atoms with Crippen molar-refractivity contribution in [3.8, 4) is 0 Å². The molecule has 1 saturated heterocycles. The Hall–Kier alpha value is -3.59. The van der Waals surface area contributed by atoms with E-state index < -0.39 is 17.8 Å². The van der Waals surface area contributed by atoms with Gasteiger partial charge >= 0.3 is 6.18 Å². The monoisotopic (exact) mass is 470 g/mol. The van der Waals surface area contributed by atoms with Crippen LogP contribution in [-0.2, 0) is 10.9 Å². The predicted octanol–water partition coefficient (Wildman–Crippen LogP) is 4.68. The number of hydrogen-bond donors (Lipinski definition) is 1. The van der Waals surface area contributed by atoms with E-state index in [0.717, 1.165) is 53.6 Å². The van der Waals surface area contributed by atoms with Crippen molar-refractivity contribution in [3.63, 3.8) is 0 Å². The number of allylic oxidation sites excluding steroid dienone is 3. The minimum Gasteiger partial charge on any atom is -0.378 e. The van der Waals surface area contributed by atoms with Gasteiger partial charge in [0, 0.05) is 43.3 Å². The molecule has 1 N–H and O–H groups in total. The van der Waals surface area contributed by atoms with Crippen LogP contribution in [0.5, 0.6) is 0 Å². The molecule has 0 saturated carbocycles. The van der Waals surface area contributed by atoms with Crippen LogP contribution in [0.1, 0.15) is 27.2 Å². The summed E-state index contributed by atoms with van der Waals surface area (Å²) in [6.07, 6.45) is 0.398. The number of carbonyl (C=O) groups excluding carboxylic acids is 1. The van der Waals surface area contributed by atoms with E-state index in [4.69, 9.17) is 4.74 Å². The highest BCUT2D eigenvalue weighted by Crippen LogP contribution is 2.33. The number of pyridine rings is 1. The number of aromatic nitrogens is 1. The highest BCUT2D eigenvalue weighted by atomic mass is 19.4. The standard InChI is InChI=1S/C25H25F3N4O2/c1-16-4-5-20(30-24(33)18-6-7-29-22(13-18)25(26,27)28)15-21(16)19-12-17(2)31(3)23(14-19)32-8-10-34-11-9-32/h4-7,12-15H,2,8-11H2,1,3H3,(H,30,33). The summed E-state index contributed by atoms with van der Waals surface area (Å²) in [7, 11) is 1.96.